The summed E-state index contributed by atoms with van der Waals surface area (Å²) in [5.74, 6) is 0.00483. The molecule has 1 aromatic rings. The van der Waals surface area contributed by atoms with Crippen LogP contribution in [-0.2, 0) is 0 Å². The highest BCUT2D eigenvalue weighted by atomic mass is 19.1. The molecule has 0 saturated heterocycles. The molecule has 1 aromatic carbocycles. The number of hydrogen-bond donors (Lipinski definition) is 2. The minimum Gasteiger partial charge on any atom is -0.486 e. The summed E-state index contributed by atoms with van der Waals surface area (Å²) in [6.07, 6.45) is -0.503. The number of nitrogens with two attached hydrogens (primary N) is 1. The molecule has 0 heterocycles. The van der Waals surface area contributed by atoms with Crippen LogP contribution in [0.2, 0.25) is 0 Å². The molecule has 0 radical (unpaired) electrons. The zero-order chi connectivity index (χ0) is 10.6. The SMILES string of the molecule is CC(N)C(CO)Oc1cccc(F)c1. The number of aliphatic hydroxyl groups excluding tert-OH is 1. The van der Waals surface area contributed by atoms with Crippen LogP contribution < -0.4 is 10.5 Å². The largest absolute Gasteiger partial charge is 0.486 e. The number of halogens is 1. The molecule has 0 fully saturated rings. The van der Waals surface area contributed by atoms with Gasteiger partial charge in [-0.3, -0.25) is 0 Å². The van der Waals surface area contributed by atoms with Crippen LogP contribution in [-0.4, -0.2) is 23.9 Å². The predicted octanol–water partition coefficient (Wildman–Crippen LogP) is 0.913. The van der Waals surface area contributed by atoms with Gasteiger partial charge in [-0.1, -0.05) is 6.07 Å². The van der Waals surface area contributed by atoms with Crippen LogP contribution in [0.5, 0.6) is 5.75 Å². The molecule has 0 aliphatic rings. The second-order valence-corrected chi connectivity index (χ2v) is 3.16. The summed E-state index contributed by atoms with van der Waals surface area (Å²) >= 11 is 0. The van der Waals surface area contributed by atoms with E-state index in [1.807, 2.05) is 0 Å². The van der Waals surface area contributed by atoms with Gasteiger partial charge >= 0.3 is 0 Å². The van der Waals surface area contributed by atoms with Gasteiger partial charge in [0.1, 0.15) is 17.7 Å². The number of ether oxygens (including phenoxy) is 1. The van der Waals surface area contributed by atoms with Crippen LogP contribution in [0.1, 0.15) is 6.92 Å². The monoisotopic (exact) mass is 199 g/mol. The van der Waals surface area contributed by atoms with Gasteiger partial charge in [0.15, 0.2) is 0 Å². The highest BCUT2D eigenvalue weighted by Crippen LogP contribution is 2.14. The zero-order valence-electron chi connectivity index (χ0n) is 7.98. The first-order valence-electron chi connectivity index (χ1n) is 4.42. The van der Waals surface area contributed by atoms with Crippen LogP contribution in [0.25, 0.3) is 0 Å². The molecule has 0 saturated carbocycles. The predicted molar refractivity (Wildman–Crippen MR) is 51.6 cm³/mol. The first-order valence-corrected chi connectivity index (χ1v) is 4.42. The van der Waals surface area contributed by atoms with Crippen LogP contribution in [0.4, 0.5) is 4.39 Å². The molecule has 0 bridgehead atoms. The fraction of sp³-hybridized carbons (Fsp3) is 0.400. The summed E-state index contributed by atoms with van der Waals surface area (Å²) < 4.78 is 18.0. The lowest BCUT2D eigenvalue weighted by molar-refractivity contribution is 0.0988. The smallest absolute Gasteiger partial charge is 0.136 e. The van der Waals surface area contributed by atoms with E-state index in [-0.39, 0.29) is 18.5 Å². The van der Waals surface area contributed by atoms with Crippen molar-refractivity contribution in [2.75, 3.05) is 6.61 Å². The van der Waals surface area contributed by atoms with Crippen molar-refractivity contribution >= 4 is 0 Å². The second-order valence-electron chi connectivity index (χ2n) is 3.16. The topological polar surface area (TPSA) is 55.5 Å². The first kappa shape index (κ1) is 10.9. The van der Waals surface area contributed by atoms with Gasteiger partial charge in [-0.15, -0.1) is 0 Å². The van der Waals surface area contributed by atoms with E-state index in [1.165, 1.54) is 12.1 Å². The third kappa shape index (κ3) is 2.97. The molecule has 78 valence electrons. The standard InChI is InChI=1S/C10H14FNO2/c1-7(12)10(6-13)14-9-4-2-3-8(11)5-9/h2-5,7,10,13H,6,12H2,1H3. The lowest BCUT2D eigenvalue weighted by Crippen LogP contribution is -2.39. The molecular formula is C10H14FNO2. The Morgan fingerprint density at radius 3 is 2.79 bits per heavy atom. The summed E-state index contributed by atoms with van der Waals surface area (Å²) in [6, 6.07) is 5.44. The summed E-state index contributed by atoms with van der Waals surface area (Å²) in [5, 5.41) is 8.93. The Balaban J connectivity index is 2.67. The molecule has 14 heavy (non-hydrogen) atoms. The van der Waals surface area contributed by atoms with Crippen molar-refractivity contribution in [3.8, 4) is 5.75 Å². The van der Waals surface area contributed by atoms with Gasteiger partial charge < -0.3 is 15.6 Å². The van der Waals surface area contributed by atoms with E-state index in [1.54, 1.807) is 19.1 Å². The van der Waals surface area contributed by atoms with Crippen LogP contribution in [0.15, 0.2) is 24.3 Å². The van der Waals surface area contributed by atoms with E-state index in [9.17, 15) is 4.39 Å². The highest BCUT2D eigenvalue weighted by Gasteiger charge is 2.14. The average Bonchev–Trinajstić information content (AvgIpc) is 2.14. The maximum absolute atomic E-state index is 12.7. The quantitative estimate of drug-likeness (QED) is 0.758. The van der Waals surface area contributed by atoms with Gasteiger partial charge in [-0.25, -0.2) is 4.39 Å². The average molecular weight is 199 g/mol. The minimum atomic E-state index is -0.503. The first-order chi connectivity index (χ1) is 6.63. The number of rotatable bonds is 4. The van der Waals surface area contributed by atoms with Crippen molar-refractivity contribution in [1.82, 2.24) is 0 Å². The number of aliphatic hydroxyl groups is 1. The maximum Gasteiger partial charge on any atom is 0.136 e. The molecule has 0 amide bonds. The Hall–Kier alpha value is -1.13. The number of hydrogen-bond acceptors (Lipinski definition) is 3. The lowest BCUT2D eigenvalue weighted by atomic mass is 10.2. The normalized spacial score (nSPS) is 14.9. The van der Waals surface area contributed by atoms with Gasteiger partial charge in [0.25, 0.3) is 0 Å². The molecule has 2 atom stereocenters. The molecule has 0 aliphatic carbocycles. The van der Waals surface area contributed by atoms with Crippen LogP contribution in [0.3, 0.4) is 0 Å². The fourth-order valence-corrected chi connectivity index (χ4v) is 1.03. The van der Waals surface area contributed by atoms with Gasteiger partial charge in [0.05, 0.1) is 6.61 Å². The molecule has 3 N–H and O–H groups in total. The molecule has 0 aliphatic heterocycles. The molecule has 0 aromatic heterocycles. The lowest BCUT2D eigenvalue weighted by Gasteiger charge is -2.20. The van der Waals surface area contributed by atoms with E-state index >= 15 is 0 Å². The minimum absolute atomic E-state index is 0.186. The van der Waals surface area contributed by atoms with Gasteiger partial charge in [0.2, 0.25) is 0 Å². The highest BCUT2D eigenvalue weighted by molar-refractivity contribution is 5.22. The van der Waals surface area contributed by atoms with Gasteiger partial charge in [0, 0.05) is 12.1 Å². The third-order valence-electron chi connectivity index (χ3n) is 1.85. The van der Waals surface area contributed by atoms with Crippen molar-refractivity contribution in [2.45, 2.75) is 19.1 Å². The van der Waals surface area contributed by atoms with E-state index in [0.717, 1.165) is 0 Å². The Bertz CT molecular complexity index is 291. The van der Waals surface area contributed by atoms with Crippen molar-refractivity contribution in [3.05, 3.63) is 30.1 Å². The van der Waals surface area contributed by atoms with E-state index in [2.05, 4.69) is 0 Å². The summed E-state index contributed by atoms with van der Waals surface area (Å²) in [5.41, 5.74) is 5.55. The Morgan fingerprint density at radius 2 is 2.29 bits per heavy atom. The second kappa shape index (κ2) is 4.93. The van der Waals surface area contributed by atoms with E-state index in [4.69, 9.17) is 15.6 Å². The maximum atomic E-state index is 12.7. The van der Waals surface area contributed by atoms with Crippen molar-refractivity contribution in [3.63, 3.8) is 0 Å². The van der Waals surface area contributed by atoms with Crippen molar-refractivity contribution < 1.29 is 14.2 Å². The summed E-state index contributed by atoms with van der Waals surface area (Å²) in [6.45, 7) is 1.54. The van der Waals surface area contributed by atoms with E-state index < -0.39 is 6.10 Å². The molecule has 4 heteroatoms. The molecule has 2 unspecified atom stereocenters. The van der Waals surface area contributed by atoms with Crippen LogP contribution in [0, 0.1) is 5.82 Å². The zero-order valence-corrected chi connectivity index (χ0v) is 7.98. The van der Waals surface area contributed by atoms with Crippen LogP contribution >= 0.6 is 0 Å². The van der Waals surface area contributed by atoms with Crippen molar-refractivity contribution in [2.24, 2.45) is 5.73 Å². The van der Waals surface area contributed by atoms with Gasteiger partial charge in [-0.05, 0) is 19.1 Å². The fourth-order valence-electron chi connectivity index (χ4n) is 1.03. The Kier molecular flexibility index (Phi) is 3.85. The molecule has 1 rings (SSSR count). The summed E-state index contributed by atoms with van der Waals surface area (Å²) in [7, 11) is 0. The number of benzene rings is 1. The summed E-state index contributed by atoms with van der Waals surface area (Å²) in [4.78, 5) is 0. The molecular weight excluding hydrogens is 185 g/mol. The molecule has 3 nitrogen and oxygen atoms in total. The van der Waals surface area contributed by atoms with E-state index in [0.29, 0.717) is 5.75 Å². The van der Waals surface area contributed by atoms with Crippen molar-refractivity contribution in [1.29, 1.82) is 0 Å². The molecule has 0 spiro atoms. The Labute approximate surface area is 82.3 Å². The Morgan fingerprint density at radius 1 is 1.57 bits per heavy atom. The third-order valence-corrected chi connectivity index (χ3v) is 1.85. The van der Waals surface area contributed by atoms with Gasteiger partial charge in [-0.2, -0.15) is 0 Å².